The Morgan fingerprint density at radius 2 is 0.519 bits per heavy atom. The molecule has 0 aromatic heterocycles. The summed E-state index contributed by atoms with van der Waals surface area (Å²) in [5.74, 6) is 1.13. The second kappa shape index (κ2) is 31.0. The molecule has 52 heavy (non-hydrogen) atoms. The first-order valence-electron chi connectivity index (χ1n) is 20.6. The van der Waals surface area contributed by atoms with Gasteiger partial charge in [-0.2, -0.15) is 26.3 Å². The number of hydrogen-bond donors (Lipinski definition) is 4. The predicted octanol–water partition coefficient (Wildman–Crippen LogP) is 14.2. The molecule has 6 nitrogen and oxygen atoms in total. The topological polar surface area (TPSA) is 115 Å². The molecule has 0 aliphatic rings. The maximum absolute atomic E-state index is 12.5. The van der Waals surface area contributed by atoms with Gasteiger partial charge >= 0.3 is 27.5 Å². The van der Waals surface area contributed by atoms with Crippen molar-refractivity contribution >= 4 is 15.2 Å². The number of rotatable bonds is 37. The summed E-state index contributed by atoms with van der Waals surface area (Å²) in [6.07, 6.45) is 17.4. The van der Waals surface area contributed by atoms with Gasteiger partial charge < -0.3 is 19.6 Å². The van der Waals surface area contributed by atoms with Crippen molar-refractivity contribution in [3.8, 4) is 0 Å². The molecule has 0 amide bonds. The van der Waals surface area contributed by atoms with E-state index in [1.807, 2.05) is 0 Å². The Bertz CT molecular complexity index is 837. The molecular weight excluding hydrogens is 728 g/mol. The van der Waals surface area contributed by atoms with Crippen LogP contribution in [0.1, 0.15) is 205 Å². The van der Waals surface area contributed by atoms with Crippen molar-refractivity contribution in [2.24, 2.45) is 11.8 Å². The molecule has 314 valence electrons. The van der Waals surface area contributed by atoms with E-state index in [-0.39, 0.29) is 25.2 Å². The summed E-state index contributed by atoms with van der Waals surface area (Å²) in [7, 11) is -7.85. The third-order valence-corrected chi connectivity index (χ3v) is 12.1. The van der Waals surface area contributed by atoms with Crippen LogP contribution in [-0.4, -0.2) is 44.3 Å². The minimum atomic E-state index is -4.09. The van der Waals surface area contributed by atoms with Crippen LogP contribution in [0.15, 0.2) is 0 Å². The normalized spacial score (nSPS) is 14.3. The van der Waals surface area contributed by atoms with Gasteiger partial charge in [-0.3, -0.25) is 9.13 Å². The van der Waals surface area contributed by atoms with Gasteiger partial charge in [0.05, 0.1) is 0 Å². The van der Waals surface area contributed by atoms with E-state index in [1.54, 1.807) is 0 Å². The molecule has 4 N–H and O–H groups in total. The molecular formula is C38H74F6O6P2. The minimum Gasteiger partial charge on any atom is -0.324 e. The van der Waals surface area contributed by atoms with E-state index in [4.69, 9.17) is 19.6 Å². The van der Waals surface area contributed by atoms with Gasteiger partial charge in [0.25, 0.3) is 0 Å². The van der Waals surface area contributed by atoms with Gasteiger partial charge in [0.2, 0.25) is 0 Å². The van der Waals surface area contributed by atoms with Crippen LogP contribution < -0.4 is 0 Å². The van der Waals surface area contributed by atoms with E-state index in [0.717, 1.165) is 154 Å². The van der Waals surface area contributed by atoms with E-state index in [1.165, 1.54) is 0 Å². The van der Waals surface area contributed by atoms with Gasteiger partial charge in [0, 0.05) is 25.2 Å². The van der Waals surface area contributed by atoms with E-state index >= 15 is 0 Å². The van der Waals surface area contributed by atoms with Crippen molar-refractivity contribution in [3.05, 3.63) is 0 Å². The van der Waals surface area contributed by atoms with Gasteiger partial charge in [-0.05, 0) is 37.5 Å². The Hall–Kier alpha value is -0.120. The molecule has 0 aliphatic carbocycles. The lowest BCUT2D eigenvalue weighted by atomic mass is 9.78. The van der Waals surface area contributed by atoms with E-state index in [0.29, 0.717) is 37.5 Å². The van der Waals surface area contributed by atoms with Gasteiger partial charge in [0.1, 0.15) is 0 Å². The van der Waals surface area contributed by atoms with Crippen molar-refractivity contribution in [2.45, 2.75) is 218 Å². The highest BCUT2D eigenvalue weighted by Crippen LogP contribution is 2.37. The monoisotopic (exact) mass is 802 g/mol. The quantitative estimate of drug-likeness (QED) is 0.0282. The predicted molar refractivity (Wildman–Crippen MR) is 201 cm³/mol. The average molecular weight is 803 g/mol. The first kappa shape index (κ1) is 51.9. The zero-order valence-corrected chi connectivity index (χ0v) is 33.8. The molecule has 0 radical (unpaired) electrons. The molecule has 0 aromatic rings. The van der Waals surface area contributed by atoms with Crippen LogP contribution in [0.25, 0.3) is 0 Å². The zero-order chi connectivity index (χ0) is 39.2. The fraction of sp³-hybridized carbons (Fsp3) is 1.00. The molecule has 0 aliphatic heterocycles. The van der Waals surface area contributed by atoms with Crippen LogP contribution in [0.2, 0.25) is 0 Å². The van der Waals surface area contributed by atoms with Crippen LogP contribution in [0, 0.1) is 11.8 Å². The second-order valence-electron chi connectivity index (χ2n) is 15.4. The van der Waals surface area contributed by atoms with E-state index in [2.05, 4.69) is 0 Å². The highest BCUT2D eigenvalue weighted by atomic mass is 31.2. The number of hydrogen-bond acceptors (Lipinski definition) is 2. The molecule has 0 saturated heterocycles. The Kier molecular flexibility index (Phi) is 31.0. The molecule has 14 heteroatoms. The maximum Gasteiger partial charge on any atom is 0.389 e. The van der Waals surface area contributed by atoms with Crippen molar-refractivity contribution in [2.75, 3.05) is 12.3 Å². The summed E-state index contributed by atoms with van der Waals surface area (Å²) in [6, 6.07) is 0. The highest BCUT2D eigenvalue weighted by molar-refractivity contribution is 7.52. The van der Waals surface area contributed by atoms with Crippen molar-refractivity contribution in [1.82, 2.24) is 0 Å². The number of halogens is 6. The molecule has 0 saturated carbocycles. The third kappa shape index (κ3) is 41.1. The van der Waals surface area contributed by atoms with Crippen LogP contribution in [-0.2, 0) is 9.13 Å². The lowest BCUT2D eigenvalue weighted by Gasteiger charge is -2.28. The van der Waals surface area contributed by atoms with Crippen molar-refractivity contribution in [3.63, 3.8) is 0 Å². The number of unbranched alkanes of at least 4 members (excludes halogenated alkanes) is 22. The fourth-order valence-corrected chi connectivity index (χ4v) is 8.60. The molecule has 0 fully saturated rings. The molecule has 0 bridgehead atoms. The van der Waals surface area contributed by atoms with Gasteiger partial charge in [-0.1, -0.05) is 167 Å². The second-order valence-corrected chi connectivity index (χ2v) is 18.9. The molecule has 2 atom stereocenters. The molecule has 0 aromatic carbocycles. The van der Waals surface area contributed by atoms with E-state index in [9.17, 15) is 35.5 Å². The molecule has 0 rings (SSSR count). The standard InChI is InChI=1S/C38H74F6O6P2/c39-37(40,41)31-23-15-7-5-13-21-29-35(27-19-11-3-1-9-17-25-33-51(45,46)47)36(30-22-14-6-8-16-24-32-38(42,43)44)28-20-12-4-2-10-18-26-34-52(48,49)50/h35-36H,1-34H2,(H2,45,46,47)(H2,48,49,50). The maximum atomic E-state index is 12.5. The Morgan fingerprint density at radius 1 is 0.327 bits per heavy atom. The van der Waals surface area contributed by atoms with E-state index < -0.39 is 40.4 Å². The van der Waals surface area contributed by atoms with Crippen LogP contribution in [0.4, 0.5) is 26.3 Å². The van der Waals surface area contributed by atoms with Crippen LogP contribution >= 0.6 is 15.2 Å². The zero-order valence-electron chi connectivity index (χ0n) is 32.0. The summed E-state index contributed by atoms with van der Waals surface area (Å²) in [5, 5.41) is 0. The summed E-state index contributed by atoms with van der Waals surface area (Å²) in [6.45, 7) is 0. The summed E-state index contributed by atoms with van der Waals surface area (Å²) in [4.78, 5) is 36.1. The molecule has 2 unspecified atom stereocenters. The first-order valence-corrected chi connectivity index (χ1v) is 24.2. The van der Waals surface area contributed by atoms with Gasteiger partial charge in [0.15, 0.2) is 0 Å². The third-order valence-electron chi connectivity index (χ3n) is 10.3. The first-order chi connectivity index (χ1) is 24.4. The fourth-order valence-electron chi connectivity index (χ4n) is 7.33. The van der Waals surface area contributed by atoms with Crippen molar-refractivity contribution in [1.29, 1.82) is 0 Å². The lowest BCUT2D eigenvalue weighted by molar-refractivity contribution is -0.136. The van der Waals surface area contributed by atoms with Gasteiger partial charge in [-0.25, -0.2) is 0 Å². The number of alkyl halides is 6. The average Bonchev–Trinajstić information content (AvgIpc) is 3.01. The minimum absolute atomic E-state index is 0.0545. The SMILES string of the molecule is O=P(O)(O)CCCCCCCCCC(CCCCCCCCC(F)(F)F)C(CCCCCCCCCP(=O)(O)O)CCCCCCCCC(F)(F)F. The van der Waals surface area contributed by atoms with Crippen LogP contribution in [0.5, 0.6) is 0 Å². The van der Waals surface area contributed by atoms with Crippen molar-refractivity contribution < 1.29 is 55.0 Å². The largest absolute Gasteiger partial charge is 0.389 e. The summed E-state index contributed by atoms with van der Waals surface area (Å²) < 4.78 is 96.9. The Morgan fingerprint density at radius 3 is 0.731 bits per heavy atom. The summed E-state index contributed by atoms with van der Waals surface area (Å²) in [5.41, 5.74) is 0. The highest BCUT2D eigenvalue weighted by Gasteiger charge is 2.26. The molecule has 0 heterocycles. The Balaban J connectivity index is 5.00. The lowest BCUT2D eigenvalue weighted by Crippen LogP contribution is -2.16. The summed E-state index contributed by atoms with van der Waals surface area (Å²) >= 11 is 0. The van der Waals surface area contributed by atoms with Crippen LogP contribution in [0.3, 0.4) is 0 Å². The smallest absolute Gasteiger partial charge is 0.324 e. The van der Waals surface area contributed by atoms with Gasteiger partial charge in [-0.15, -0.1) is 0 Å². The molecule has 0 spiro atoms. The Labute approximate surface area is 311 Å².